The molecule has 1 amide bonds. The maximum Gasteiger partial charge on any atom is 0.409 e. The Bertz CT molecular complexity index is 631. The quantitative estimate of drug-likeness (QED) is 0.763. The Morgan fingerprint density at radius 3 is 2.52 bits per heavy atom. The molecular weight excluding hydrogens is 368 g/mol. The number of hydrogen-bond donors (Lipinski definition) is 1. The number of carbonyl (C=O) groups is 1. The number of amides is 1. The number of halogens is 1. The lowest BCUT2D eigenvalue weighted by molar-refractivity contribution is 0.0405. The zero-order valence-corrected chi connectivity index (χ0v) is 17.5. The first-order chi connectivity index (χ1) is 12.8. The minimum Gasteiger partial charge on any atom is -0.491 e. The van der Waals surface area contributed by atoms with Crippen molar-refractivity contribution in [3.8, 4) is 5.75 Å². The lowest BCUT2D eigenvalue weighted by Gasteiger charge is -2.34. The van der Waals surface area contributed by atoms with Crippen molar-refractivity contribution in [2.75, 3.05) is 45.9 Å². The molecule has 0 spiro atoms. The van der Waals surface area contributed by atoms with Gasteiger partial charge >= 0.3 is 6.09 Å². The van der Waals surface area contributed by atoms with Crippen molar-refractivity contribution in [1.82, 2.24) is 9.80 Å². The number of hydrogen-bond acceptors (Lipinski definition) is 5. The molecule has 1 unspecified atom stereocenters. The van der Waals surface area contributed by atoms with E-state index in [0.29, 0.717) is 39.3 Å². The number of aryl methyl sites for hydroxylation is 1. The standard InChI is InChI=1S/C20H31ClN2O4/c1-5-26-20(25)23-8-6-22(7-9-23)12-16(24)13-27-19-10-15(4)18(21)11-17(19)14(2)3/h10-11,14,16,24H,5-9,12-13H2,1-4H3. The summed E-state index contributed by atoms with van der Waals surface area (Å²) in [5, 5.41) is 11.1. The number of β-amino-alcohol motifs (C(OH)–C–C–N with tert-alkyl or cyclic N) is 1. The Labute approximate surface area is 167 Å². The molecule has 0 bridgehead atoms. The lowest BCUT2D eigenvalue weighted by Crippen LogP contribution is -2.51. The van der Waals surface area contributed by atoms with Crippen molar-refractivity contribution in [2.24, 2.45) is 0 Å². The van der Waals surface area contributed by atoms with Crippen molar-refractivity contribution < 1.29 is 19.4 Å². The van der Waals surface area contributed by atoms with Gasteiger partial charge in [-0.25, -0.2) is 4.79 Å². The predicted molar refractivity (Wildman–Crippen MR) is 107 cm³/mol. The van der Waals surface area contributed by atoms with Gasteiger partial charge in [-0.1, -0.05) is 25.4 Å². The Morgan fingerprint density at radius 2 is 1.93 bits per heavy atom. The number of carbonyl (C=O) groups excluding carboxylic acids is 1. The molecule has 1 aromatic carbocycles. The zero-order valence-electron chi connectivity index (χ0n) is 16.7. The van der Waals surface area contributed by atoms with Crippen molar-refractivity contribution in [3.05, 3.63) is 28.3 Å². The molecule has 7 heteroatoms. The topological polar surface area (TPSA) is 62.2 Å². The minimum atomic E-state index is -0.602. The van der Waals surface area contributed by atoms with Crippen LogP contribution in [0.15, 0.2) is 12.1 Å². The van der Waals surface area contributed by atoms with E-state index in [1.165, 1.54) is 0 Å². The molecule has 152 valence electrons. The normalized spacial score (nSPS) is 16.5. The third-order valence-corrected chi connectivity index (χ3v) is 5.12. The number of nitrogens with zero attached hydrogens (tertiary/aromatic N) is 2. The summed E-state index contributed by atoms with van der Waals surface area (Å²) in [5.41, 5.74) is 2.00. The number of ether oxygens (including phenoxy) is 2. The van der Waals surface area contributed by atoms with E-state index in [1.54, 1.807) is 11.8 Å². The Hall–Kier alpha value is -1.50. The average Bonchev–Trinajstić information content (AvgIpc) is 2.63. The monoisotopic (exact) mass is 398 g/mol. The van der Waals surface area contributed by atoms with Gasteiger partial charge in [-0.05, 0) is 43.0 Å². The van der Waals surface area contributed by atoms with Crippen molar-refractivity contribution in [3.63, 3.8) is 0 Å². The number of aliphatic hydroxyl groups excluding tert-OH is 1. The van der Waals surface area contributed by atoms with E-state index in [1.807, 2.05) is 19.1 Å². The summed E-state index contributed by atoms with van der Waals surface area (Å²) in [7, 11) is 0. The summed E-state index contributed by atoms with van der Waals surface area (Å²) in [6, 6.07) is 3.88. The van der Waals surface area contributed by atoms with Gasteiger partial charge < -0.3 is 19.5 Å². The Balaban J connectivity index is 1.83. The predicted octanol–water partition coefficient (Wildman–Crippen LogP) is 3.29. The second kappa shape index (κ2) is 10.2. The van der Waals surface area contributed by atoms with E-state index >= 15 is 0 Å². The first-order valence-electron chi connectivity index (χ1n) is 9.56. The molecular formula is C20H31ClN2O4. The molecule has 0 radical (unpaired) electrons. The van der Waals surface area contributed by atoms with Gasteiger partial charge in [0.05, 0.1) is 6.61 Å². The summed E-state index contributed by atoms with van der Waals surface area (Å²) < 4.78 is 10.9. The van der Waals surface area contributed by atoms with Gasteiger partial charge in [-0.2, -0.15) is 0 Å². The van der Waals surface area contributed by atoms with E-state index < -0.39 is 6.10 Å². The molecule has 27 heavy (non-hydrogen) atoms. The lowest BCUT2D eigenvalue weighted by atomic mass is 10.0. The molecule has 0 aromatic heterocycles. The van der Waals surface area contributed by atoms with Crippen LogP contribution in [0.5, 0.6) is 5.75 Å². The van der Waals surface area contributed by atoms with E-state index in [9.17, 15) is 9.90 Å². The first-order valence-corrected chi connectivity index (χ1v) is 9.94. The highest BCUT2D eigenvalue weighted by Crippen LogP contribution is 2.32. The summed E-state index contributed by atoms with van der Waals surface area (Å²) in [4.78, 5) is 15.6. The molecule has 0 saturated carbocycles. The molecule has 1 aliphatic rings. The third-order valence-electron chi connectivity index (χ3n) is 4.71. The number of piperazine rings is 1. The van der Waals surface area contributed by atoms with Crippen LogP contribution < -0.4 is 4.74 Å². The highest BCUT2D eigenvalue weighted by molar-refractivity contribution is 6.31. The van der Waals surface area contributed by atoms with Crippen LogP contribution in [0.4, 0.5) is 4.79 Å². The molecule has 1 aliphatic heterocycles. The van der Waals surface area contributed by atoms with Crippen LogP contribution >= 0.6 is 11.6 Å². The molecule has 1 aromatic rings. The molecule has 1 atom stereocenters. The van der Waals surface area contributed by atoms with Crippen molar-refractivity contribution in [1.29, 1.82) is 0 Å². The fourth-order valence-corrected chi connectivity index (χ4v) is 3.28. The fourth-order valence-electron chi connectivity index (χ4n) is 3.11. The van der Waals surface area contributed by atoms with Gasteiger partial charge in [0.25, 0.3) is 0 Å². The van der Waals surface area contributed by atoms with Crippen molar-refractivity contribution in [2.45, 2.75) is 39.7 Å². The van der Waals surface area contributed by atoms with Gasteiger partial charge in [0.2, 0.25) is 0 Å². The fraction of sp³-hybridized carbons (Fsp3) is 0.650. The molecule has 1 heterocycles. The second-order valence-electron chi connectivity index (χ2n) is 7.25. The highest BCUT2D eigenvalue weighted by Gasteiger charge is 2.23. The van der Waals surface area contributed by atoms with Gasteiger partial charge in [-0.15, -0.1) is 0 Å². The van der Waals surface area contributed by atoms with Gasteiger partial charge in [0.15, 0.2) is 0 Å². The van der Waals surface area contributed by atoms with Crippen LogP contribution in [0, 0.1) is 6.92 Å². The number of rotatable bonds is 7. The van der Waals surface area contributed by atoms with Gasteiger partial charge in [-0.3, -0.25) is 4.90 Å². The summed E-state index contributed by atoms with van der Waals surface area (Å²) in [6.45, 7) is 11.7. The maximum atomic E-state index is 11.7. The largest absolute Gasteiger partial charge is 0.491 e. The van der Waals surface area contributed by atoms with Crippen molar-refractivity contribution >= 4 is 17.7 Å². The zero-order chi connectivity index (χ0) is 20.0. The Kier molecular flexibility index (Phi) is 8.20. The highest BCUT2D eigenvalue weighted by atomic mass is 35.5. The number of aliphatic hydroxyl groups is 1. The molecule has 1 N–H and O–H groups in total. The molecule has 0 aliphatic carbocycles. The first kappa shape index (κ1) is 21.8. The van der Waals surface area contributed by atoms with Crippen LogP contribution in [0.1, 0.15) is 37.8 Å². The van der Waals surface area contributed by atoms with Crippen LogP contribution in [0.25, 0.3) is 0 Å². The molecule has 6 nitrogen and oxygen atoms in total. The average molecular weight is 399 g/mol. The third kappa shape index (κ3) is 6.26. The van der Waals surface area contributed by atoms with Crippen LogP contribution in [0.3, 0.4) is 0 Å². The smallest absolute Gasteiger partial charge is 0.409 e. The maximum absolute atomic E-state index is 11.7. The molecule has 1 fully saturated rings. The second-order valence-corrected chi connectivity index (χ2v) is 7.65. The molecule has 1 saturated heterocycles. The van der Waals surface area contributed by atoms with Crippen LogP contribution in [-0.2, 0) is 4.74 Å². The minimum absolute atomic E-state index is 0.221. The number of benzene rings is 1. The van der Waals surface area contributed by atoms with Gasteiger partial charge in [0.1, 0.15) is 18.5 Å². The van der Waals surface area contributed by atoms with Crippen LogP contribution in [0.2, 0.25) is 5.02 Å². The van der Waals surface area contributed by atoms with Crippen LogP contribution in [-0.4, -0.2) is 73.0 Å². The Morgan fingerprint density at radius 1 is 1.26 bits per heavy atom. The van der Waals surface area contributed by atoms with E-state index in [4.69, 9.17) is 21.1 Å². The van der Waals surface area contributed by atoms with E-state index in [0.717, 1.165) is 21.9 Å². The SMILES string of the molecule is CCOC(=O)N1CCN(CC(O)COc2cc(C)c(Cl)cc2C(C)C)CC1. The van der Waals surface area contributed by atoms with Gasteiger partial charge in [0, 0.05) is 37.7 Å². The summed E-state index contributed by atoms with van der Waals surface area (Å²) in [6.07, 6.45) is -0.865. The molecule has 2 rings (SSSR count). The van der Waals surface area contributed by atoms with E-state index in [2.05, 4.69) is 18.7 Å². The van der Waals surface area contributed by atoms with E-state index in [-0.39, 0.29) is 18.6 Å². The summed E-state index contributed by atoms with van der Waals surface area (Å²) >= 11 is 6.23. The summed E-state index contributed by atoms with van der Waals surface area (Å²) in [5.74, 6) is 1.06.